The third-order valence-corrected chi connectivity index (χ3v) is 2.43. The molecule has 0 saturated carbocycles. The van der Waals surface area contributed by atoms with Crippen molar-refractivity contribution in [3.05, 3.63) is 24.0 Å². The van der Waals surface area contributed by atoms with E-state index >= 15 is 0 Å². The lowest BCUT2D eigenvalue weighted by Gasteiger charge is -2.01. The van der Waals surface area contributed by atoms with Gasteiger partial charge in [0, 0.05) is 12.7 Å². The lowest BCUT2D eigenvalue weighted by molar-refractivity contribution is 0.109. The number of rotatable bonds is 3. The first-order valence-electron chi connectivity index (χ1n) is 5.07. The van der Waals surface area contributed by atoms with Crippen LogP contribution < -0.4 is 5.73 Å². The van der Waals surface area contributed by atoms with Crippen LogP contribution in [0.1, 0.15) is 18.9 Å². The van der Waals surface area contributed by atoms with Gasteiger partial charge in [0.25, 0.3) is 5.89 Å². The number of nitrogens with two attached hydrogens (primary N) is 1. The minimum atomic E-state index is -0.234. The van der Waals surface area contributed by atoms with E-state index in [1.165, 1.54) is 6.07 Å². The molecule has 2 aromatic rings. The van der Waals surface area contributed by atoms with Crippen LogP contribution >= 0.6 is 0 Å². The van der Waals surface area contributed by atoms with Gasteiger partial charge in [-0.05, 0) is 25.1 Å². The number of phenolic OH excluding ortho intramolecular Hbond substituents is 1. The number of methoxy groups -OCH3 is 1. The molecular formula is C11H13N3O3. The van der Waals surface area contributed by atoms with Crippen molar-refractivity contribution in [3.8, 4) is 17.2 Å². The minimum absolute atomic E-state index is 0.0266. The number of anilines is 1. The lowest BCUT2D eigenvalue weighted by Crippen LogP contribution is -1.97. The normalized spacial score (nSPS) is 12.6. The average molecular weight is 235 g/mol. The molecule has 17 heavy (non-hydrogen) atoms. The number of aromatic hydroxyl groups is 1. The maximum Gasteiger partial charge on any atom is 0.258 e. The van der Waals surface area contributed by atoms with Crippen LogP contribution in [0, 0.1) is 0 Å². The largest absolute Gasteiger partial charge is 0.506 e. The number of nitrogen functional groups attached to an aromatic ring is 1. The third-order valence-electron chi connectivity index (χ3n) is 2.43. The summed E-state index contributed by atoms with van der Waals surface area (Å²) in [5.41, 5.74) is 6.51. The summed E-state index contributed by atoms with van der Waals surface area (Å²) in [7, 11) is 1.57. The van der Waals surface area contributed by atoms with Crippen LogP contribution in [-0.4, -0.2) is 22.4 Å². The summed E-state index contributed by atoms with van der Waals surface area (Å²) < 4.78 is 10.2. The van der Waals surface area contributed by atoms with Gasteiger partial charge in [-0.1, -0.05) is 5.16 Å². The maximum atomic E-state index is 9.31. The molecule has 90 valence electrons. The van der Waals surface area contributed by atoms with Crippen molar-refractivity contribution in [1.29, 1.82) is 0 Å². The second-order valence-corrected chi connectivity index (χ2v) is 3.61. The first kappa shape index (κ1) is 11.4. The van der Waals surface area contributed by atoms with Crippen LogP contribution in [-0.2, 0) is 4.74 Å². The van der Waals surface area contributed by atoms with Crippen molar-refractivity contribution in [1.82, 2.24) is 10.1 Å². The number of hydrogen-bond acceptors (Lipinski definition) is 6. The Bertz CT molecular complexity index is 524. The van der Waals surface area contributed by atoms with Gasteiger partial charge >= 0.3 is 0 Å². The van der Waals surface area contributed by atoms with Crippen LogP contribution in [0.5, 0.6) is 5.75 Å². The first-order valence-corrected chi connectivity index (χ1v) is 5.07. The quantitative estimate of drug-likeness (QED) is 0.621. The Kier molecular flexibility index (Phi) is 2.97. The Labute approximate surface area is 98.0 Å². The minimum Gasteiger partial charge on any atom is -0.506 e. The number of hydrogen-bond donors (Lipinski definition) is 2. The van der Waals surface area contributed by atoms with E-state index in [1.54, 1.807) is 19.2 Å². The average Bonchev–Trinajstić information content (AvgIpc) is 2.81. The molecule has 3 N–H and O–H groups in total. The number of ether oxygens (including phenoxy) is 1. The molecule has 2 rings (SSSR count). The molecule has 0 spiro atoms. The van der Waals surface area contributed by atoms with Crippen LogP contribution in [0.3, 0.4) is 0 Å². The Morgan fingerprint density at radius 2 is 2.24 bits per heavy atom. The van der Waals surface area contributed by atoms with Crippen LogP contribution in [0.15, 0.2) is 22.7 Å². The fraction of sp³-hybridized carbons (Fsp3) is 0.273. The van der Waals surface area contributed by atoms with Crippen molar-refractivity contribution in [2.45, 2.75) is 13.0 Å². The second-order valence-electron chi connectivity index (χ2n) is 3.61. The summed E-state index contributed by atoms with van der Waals surface area (Å²) in [5, 5.41) is 13.1. The van der Waals surface area contributed by atoms with Crippen molar-refractivity contribution >= 4 is 5.69 Å². The Hall–Kier alpha value is -2.08. The maximum absolute atomic E-state index is 9.31. The molecule has 1 aromatic heterocycles. The van der Waals surface area contributed by atoms with Crippen molar-refractivity contribution in [2.24, 2.45) is 0 Å². The van der Waals surface area contributed by atoms with E-state index < -0.39 is 0 Å². The molecule has 0 aliphatic rings. The van der Waals surface area contributed by atoms with Crippen molar-refractivity contribution in [3.63, 3.8) is 0 Å². The Morgan fingerprint density at radius 3 is 2.88 bits per heavy atom. The Morgan fingerprint density at radius 1 is 1.47 bits per heavy atom. The van der Waals surface area contributed by atoms with E-state index in [-0.39, 0.29) is 17.5 Å². The molecule has 0 aliphatic carbocycles. The lowest BCUT2D eigenvalue weighted by atomic mass is 10.2. The number of nitrogens with zero attached hydrogens (tertiary/aromatic N) is 2. The zero-order chi connectivity index (χ0) is 12.4. The number of phenols is 1. The van der Waals surface area contributed by atoms with E-state index in [0.29, 0.717) is 17.3 Å². The second kappa shape index (κ2) is 4.42. The van der Waals surface area contributed by atoms with Crippen LogP contribution in [0.4, 0.5) is 5.69 Å². The van der Waals surface area contributed by atoms with Gasteiger partial charge in [-0.3, -0.25) is 0 Å². The highest BCUT2D eigenvalue weighted by atomic mass is 16.5. The zero-order valence-electron chi connectivity index (χ0n) is 9.54. The SMILES string of the molecule is COC(C)c1noc(-c2ccc(O)c(N)c2)n1. The van der Waals surface area contributed by atoms with Crippen LogP contribution in [0.25, 0.3) is 11.5 Å². The molecule has 1 atom stereocenters. The summed E-state index contributed by atoms with van der Waals surface area (Å²) in [5.74, 6) is 0.837. The highest BCUT2D eigenvalue weighted by molar-refractivity contribution is 5.64. The molecule has 6 nitrogen and oxygen atoms in total. The summed E-state index contributed by atoms with van der Waals surface area (Å²) in [4.78, 5) is 4.18. The predicted molar refractivity (Wildman–Crippen MR) is 61.2 cm³/mol. The van der Waals surface area contributed by atoms with E-state index in [2.05, 4.69) is 10.1 Å². The first-order chi connectivity index (χ1) is 8.11. The van der Waals surface area contributed by atoms with Gasteiger partial charge in [0.2, 0.25) is 5.82 Å². The molecule has 1 heterocycles. The molecule has 1 aromatic carbocycles. The number of aromatic nitrogens is 2. The van der Waals surface area contributed by atoms with Gasteiger partial charge in [-0.2, -0.15) is 4.98 Å². The van der Waals surface area contributed by atoms with Gasteiger partial charge < -0.3 is 20.1 Å². The van der Waals surface area contributed by atoms with Gasteiger partial charge in [0.1, 0.15) is 11.9 Å². The zero-order valence-corrected chi connectivity index (χ0v) is 9.54. The summed E-state index contributed by atoms with van der Waals surface area (Å²) >= 11 is 0. The van der Waals surface area contributed by atoms with Crippen molar-refractivity contribution < 1.29 is 14.4 Å². The summed E-state index contributed by atoms with van der Waals surface area (Å²) in [6.07, 6.45) is -0.234. The fourth-order valence-electron chi connectivity index (χ4n) is 1.31. The molecule has 1 unspecified atom stereocenters. The molecule has 0 radical (unpaired) electrons. The van der Waals surface area contributed by atoms with E-state index in [0.717, 1.165) is 0 Å². The van der Waals surface area contributed by atoms with Gasteiger partial charge in [0.15, 0.2) is 0 Å². The van der Waals surface area contributed by atoms with Gasteiger partial charge in [0.05, 0.1) is 5.69 Å². The van der Waals surface area contributed by atoms with E-state index in [9.17, 15) is 5.11 Å². The topological polar surface area (TPSA) is 94.4 Å². The summed E-state index contributed by atoms with van der Waals surface area (Å²) in [6, 6.07) is 4.71. The molecule has 0 fully saturated rings. The predicted octanol–water partition coefficient (Wildman–Crippen LogP) is 1.73. The third kappa shape index (κ3) is 2.21. The Balaban J connectivity index is 2.33. The fourth-order valence-corrected chi connectivity index (χ4v) is 1.31. The van der Waals surface area contributed by atoms with E-state index in [1.807, 2.05) is 6.92 Å². The summed E-state index contributed by atoms with van der Waals surface area (Å²) in [6.45, 7) is 1.82. The van der Waals surface area contributed by atoms with E-state index in [4.69, 9.17) is 15.0 Å². The highest BCUT2D eigenvalue weighted by Gasteiger charge is 2.14. The van der Waals surface area contributed by atoms with Crippen LogP contribution in [0.2, 0.25) is 0 Å². The molecule has 6 heteroatoms. The molecule has 0 amide bonds. The monoisotopic (exact) mass is 235 g/mol. The molecular weight excluding hydrogens is 222 g/mol. The molecule has 0 bridgehead atoms. The van der Waals surface area contributed by atoms with Gasteiger partial charge in [-0.25, -0.2) is 0 Å². The molecule has 0 aliphatic heterocycles. The van der Waals surface area contributed by atoms with Crippen molar-refractivity contribution in [2.75, 3.05) is 12.8 Å². The highest BCUT2D eigenvalue weighted by Crippen LogP contribution is 2.27. The number of benzene rings is 1. The molecule has 0 saturated heterocycles. The standard InChI is InChI=1S/C11H13N3O3/c1-6(16-2)10-13-11(17-14-10)7-3-4-9(15)8(12)5-7/h3-6,15H,12H2,1-2H3. The van der Waals surface area contributed by atoms with Gasteiger partial charge in [-0.15, -0.1) is 0 Å². The smallest absolute Gasteiger partial charge is 0.258 e.